The Morgan fingerprint density at radius 2 is 1.89 bits per heavy atom. The second kappa shape index (κ2) is 4.44. The van der Waals surface area contributed by atoms with E-state index in [0.717, 1.165) is 11.7 Å². The highest BCUT2D eigenvalue weighted by molar-refractivity contribution is 6.62. The zero-order valence-electron chi connectivity index (χ0n) is 11.1. The van der Waals surface area contributed by atoms with Gasteiger partial charge in [-0.25, -0.2) is 9.97 Å². The molecule has 5 nitrogen and oxygen atoms in total. The van der Waals surface area contributed by atoms with Crippen LogP contribution in [-0.2, 0) is 20.5 Å². The quantitative estimate of drug-likeness (QED) is 0.576. The summed E-state index contributed by atoms with van der Waals surface area (Å²) in [7, 11) is -0.522. The summed E-state index contributed by atoms with van der Waals surface area (Å²) in [6, 6.07) is 0. The summed E-state index contributed by atoms with van der Waals surface area (Å²) in [6.07, 6.45) is 4.13. The second-order valence-electron chi connectivity index (χ2n) is 5.38. The molecule has 1 aromatic rings. The molecule has 2 rings (SSSR count). The van der Waals surface area contributed by atoms with Gasteiger partial charge in [-0.2, -0.15) is 0 Å². The average molecular weight is 248 g/mol. The number of hydrogen-bond donors (Lipinski definition) is 0. The van der Waals surface area contributed by atoms with E-state index in [9.17, 15) is 4.79 Å². The molecule has 0 aromatic carbocycles. The van der Waals surface area contributed by atoms with Crippen molar-refractivity contribution in [2.45, 2.75) is 45.3 Å². The lowest BCUT2D eigenvalue weighted by molar-refractivity contribution is -0.107. The fraction of sp³-hybridized carbons (Fsp3) is 0.583. The molecular formula is C12H17BN2O3. The van der Waals surface area contributed by atoms with Gasteiger partial charge in [0.2, 0.25) is 0 Å². The van der Waals surface area contributed by atoms with Gasteiger partial charge in [0.25, 0.3) is 0 Å². The Kier molecular flexibility index (Phi) is 3.25. The molecule has 18 heavy (non-hydrogen) atoms. The van der Waals surface area contributed by atoms with E-state index in [-0.39, 0.29) is 6.42 Å². The summed E-state index contributed by atoms with van der Waals surface area (Å²) in [5.74, 6) is 0. The molecule has 0 radical (unpaired) electrons. The predicted octanol–water partition coefficient (Wildman–Crippen LogP) is 0.517. The summed E-state index contributed by atoms with van der Waals surface area (Å²) < 4.78 is 11.8. The van der Waals surface area contributed by atoms with Gasteiger partial charge in [-0.15, -0.1) is 0 Å². The first-order valence-electron chi connectivity index (χ1n) is 5.95. The van der Waals surface area contributed by atoms with E-state index in [4.69, 9.17) is 9.31 Å². The highest BCUT2D eigenvalue weighted by Crippen LogP contribution is 2.36. The summed E-state index contributed by atoms with van der Waals surface area (Å²) in [5, 5.41) is 0. The van der Waals surface area contributed by atoms with Crippen molar-refractivity contribution in [1.82, 2.24) is 9.97 Å². The average Bonchev–Trinajstić information content (AvgIpc) is 2.49. The van der Waals surface area contributed by atoms with Crippen molar-refractivity contribution in [2.24, 2.45) is 0 Å². The van der Waals surface area contributed by atoms with Crippen LogP contribution in [0.3, 0.4) is 0 Å². The molecule has 1 fully saturated rings. The van der Waals surface area contributed by atoms with Crippen molar-refractivity contribution in [1.29, 1.82) is 0 Å². The number of nitrogens with zero attached hydrogens (tertiary/aromatic N) is 2. The largest absolute Gasteiger partial charge is 0.498 e. The summed E-state index contributed by atoms with van der Waals surface area (Å²) >= 11 is 0. The normalized spacial score (nSPS) is 21.0. The minimum absolute atomic E-state index is 0.238. The third-order valence-corrected chi connectivity index (χ3v) is 3.61. The molecule has 0 N–H and O–H groups in total. The van der Waals surface area contributed by atoms with Gasteiger partial charge in [0, 0.05) is 18.1 Å². The molecule has 96 valence electrons. The van der Waals surface area contributed by atoms with Crippen LogP contribution in [0.4, 0.5) is 0 Å². The smallest absolute Gasteiger partial charge is 0.399 e. The van der Waals surface area contributed by atoms with Crippen LogP contribution in [0, 0.1) is 0 Å². The minimum atomic E-state index is -0.522. The molecule has 1 aromatic heterocycles. The van der Waals surface area contributed by atoms with Gasteiger partial charge in [-0.3, -0.25) is 0 Å². The van der Waals surface area contributed by atoms with Crippen molar-refractivity contribution >= 4 is 18.9 Å². The number of carbonyl (C=O) groups excluding carboxylic acids is 1. The fourth-order valence-electron chi connectivity index (χ4n) is 1.78. The molecule has 0 saturated carbocycles. The van der Waals surface area contributed by atoms with E-state index in [0.29, 0.717) is 5.69 Å². The van der Waals surface area contributed by atoms with E-state index >= 15 is 0 Å². The van der Waals surface area contributed by atoms with E-state index in [1.165, 1.54) is 6.33 Å². The molecule has 0 spiro atoms. The maximum absolute atomic E-state index is 10.7. The van der Waals surface area contributed by atoms with Gasteiger partial charge in [-0.1, -0.05) is 0 Å². The lowest BCUT2D eigenvalue weighted by Gasteiger charge is -2.32. The van der Waals surface area contributed by atoms with Crippen LogP contribution >= 0.6 is 0 Å². The number of aromatic nitrogens is 2. The third-order valence-electron chi connectivity index (χ3n) is 3.61. The topological polar surface area (TPSA) is 61.3 Å². The van der Waals surface area contributed by atoms with Crippen LogP contribution in [0.2, 0.25) is 0 Å². The molecule has 6 heteroatoms. The first kappa shape index (κ1) is 13.2. The first-order valence-corrected chi connectivity index (χ1v) is 5.95. The van der Waals surface area contributed by atoms with Crippen LogP contribution in [0.15, 0.2) is 12.5 Å². The van der Waals surface area contributed by atoms with Gasteiger partial charge in [0.15, 0.2) is 0 Å². The fourth-order valence-corrected chi connectivity index (χ4v) is 1.78. The van der Waals surface area contributed by atoms with Gasteiger partial charge in [-0.05, 0) is 27.7 Å². The Hall–Kier alpha value is -1.27. The first-order chi connectivity index (χ1) is 8.37. The standard InChI is InChI=1S/C12H17BN2O3/c1-11(2)12(3,4)18-13(17-11)9-7-14-8-15-10(9)5-6-16/h6-8H,5H2,1-4H3. The van der Waals surface area contributed by atoms with Crippen LogP contribution in [0.25, 0.3) is 0 Å². The van der Waals surface area contributed by atoms with Gasteiger partial charge in [0.1, 0.15) is 12.6 Å². The van der Waals surface area contributed by atoms with E-state index < -0.39 is 18.3 Å². The van der Waals surface area contributed by atoms with Gasteiger partial charge in [0.05, 0.1) is 16.9 Å². The number of rotatable bonds is 3. The summed E-state index contributed by atoms with van der Waals surface area (Å²) in [4.78, 5) is 18.7. The Balaban J connectivity index is 2.32. The molecule has 0 aliphatic carbocycles. The summed E-state index contributed by atoms with van der Waals surface area (Å²) in [6.45, 7) is 7.93. The molecule has 0 bridgehead atoms. The van der Waals surface area contributed by atoms with Crippen molar-refractivity contribution in [2.75, 3.05) is 0 Å². The van der Waals surface area contributed by atoms with Crippen LogP contribution in [0.1, 0.15) is 33.4 Å². The van der Waals surface area contributed by atoms with Gasteiger partial charge >= 0.3 is 7.12 Å². The molecule has 1 saturated heterocycles. The molecule has 2 heterocycles. The Morgan fingerprint density at radius 1 is 1.28 bits per heavy atom. The van der Waals surface area contributed by atoms with Crippen LogP contribution in [-0.4, -0.2) is 34.6 Å². The summed E-state index contributed by atoms with van der Waals surface area (Å²) in [5.41, 5.74) is 0.555. The van der Waals surface area contributed by atoms with Crippen molar-refractivity contribution in [3.05, 3.63) is 18.2 Å². The van der Waals surface area contributed by atoms with Crippen molar-refractivity contribution < 1.29 is 14.1 Å². The lowest BCUT2D eigenvalue weighted by atomic mass is 9.78. The molecule has 0 atom stereocenters. The minimum Gasteiger partial charge on any atom is -0.399 e. The third kappa shape index (κ3) is 2.18. The maximum Gasteiger partial charge on any atom is 0.498 e. The Labute approximate surface area is 107 Å². The predicted molar refractivity (Wildman–Crippen MR) is 67.5 cm³/mol. The maximum atomic E-state index is 10.7. The van der Waals surface area contributed by atoms with E-state index in [2.05, 4.69) is 9.97 Å². The molecule has 1 aliphatic rings. The Morgan fingerprint density at radius 3 is 2.44 bits per heavy atom. The Bertz CT molecular complexity index is 446. The zero-order chi connectivity index (χ0) is 13.4. The second-order valence-corrected chi connectivity index (χ2v) is 5.38. The van der Waals surface area contributed by atoms with Crippen molar-refractivity contribution in [3.63, 3.8) is 0 Å². The van der Waals surface area contributed by atoms with Crippen LogP contribution < -0.4 is 5.46 Å². The molecule has 0 amide bonds. The number of carbonyl (C=O) groups is 1. The van der Waals surface area contributed by atoms with E-state index in [1.807, 2.05) is 27.7 Å². The van der Waals surface area contributed by atoms with Gasteiger partial charge < -0.3 is 14.1 Å². The number of hydrogen-bond acceptors (Lipinski definition) is 5. The van der Waals surface area contributed by atoms with E-state index in [1.54, 1.807) is 6.20 Å². The number of aldehydes is 1. The van der Waals surface area contributed by atoms with Crippen molar-refractivity contribution in [3.8, 4) is 0 Å². The molecule has 1 aliphatic heterocycles. The monoisotopic (exact) mass is 248 g/mol. The molecule has 0 unspecified atom stereocenters. The highest BCUT2D eigenvalue weighted by atomic mass is 16.7. The highest BCUT2D eigenvalue weighted by Gasteiger charge is 2.52. The lowest BCUT2D eigenvalue weighted by Crippen LogP contribution is -2.41. The van der Waals surface area contributed by atoms with Crippen LogP contribution in [0.5, 0.6) is 0 Å². The SMILES string of the molecule is CC1(C)OB(c2cncnc2CC=O)OC1(C)C. The zero-order valence-corrected chi connectivity index (χ0v) is 11.1. The molecular weight excluding hydrogens is 231 g/mol.